The van der Waals surface area contributed by atoms with Crippen molar-refractivity contribution in [3.63, 3.8) is 0 Å². The Bertz CT molecular complexity index is 1400. The summed E-state index contributed by atoms with van der Waals surface area (Å²) >= 11 is 6.15. The highest BCUT2D eigenvalue weighted by Crippen LogP contribution is 2.24. The molecule has 1 fully saturated rings. The third-order valence-electron chi connectivity index (χ3n) is 6.68. The number of aromatic nitrogens is 3. The lowest BCUT2D eigenvalue weighted by Crippen LogP contribution is -2.30. The summed E-state index contributed by atoms with van der Waals surface area (Å²) in [5.41, 5.74) is 4.70. The zero-order valence-electron chi connectivity index (χ0n) is 20.1. The van der Waals surface area contributed by atoms with Crippen molar-refractivity contribution in [2.45, 2.75) is 38.6 Å². The Morgan fingerprint density at radius 1 is 1.08 bits per heavy atom. The second-order valence-electron chi connectivity index (χ2n) is 9.23. The number of carbonyl (C=O) groups excluding carboxylic acids is 2. The second kappa shape index (κ2) is 10.5. The number of hydrogen-bond acceptors (Lipinski definition) is 4. The smallest absolute Gasteiger partial charge is 0.254 e. The number of hydrogen-bond donors (Lipinski definition) is 2. The number of halogens is 1. The summed E-state index contributed by atoms with van der Waals surface area (Å²) < 4.78 is 0. The minimum atomic E-state index is -0.344. The van der Waals surface area contributed by atoms with Crippen LogP contribution in [0.5, 0.6) is 0 Å². The maximum absolute atomic E-state index is 13.3. The van der Waals surface area contributed by atoms with Gasteiger partial charge in [0.25, 0.3) is 11.8 Å². The molecule has 1 aliphatic heterocycles. The Morgan fingerprint density at radius 2 is 1.86 bits per heavy atom. The number of pyridine rings is 1. The van der Waals surface area contributed by atoms with Gasteiger partial charge in [0.1, 0.15) is 5.82 Å². The molecule has 2 N–H and O–H groups in total. The molecule has 8 heteroatoms. The molecule has 1 aliphatic rings. The number of H-pyrrole nitrogens is 1. The first kappa shape index (κ1) is 24.0. The maximum atomic E-state index is 13.3. The topological polar surface area (TPSA) is 91.0 Å². The van der Waals surface area contributed by atoms with Gasteiger partial charge in [-0.05, 0) is 92.3 Å². The van der Waals surface area contributed by atoms with E-state index in [2.05, 4.69) is 15.3 Å². The van der Waals surface area contributed by atoms with Crippen LogP contribution in [0.3, 0.4) is 0 Å². The summed E-state index contributed by atoms with van der Waals surface area (Å²) in [4.78, 5) is 40.2. The summed E-state index contributed by atoms with van der Waals surface area (Å²) in [5.74, 6) is 0.497. The SMILES string of the molecule is Cc1cc(C(=O)NC(CCc2ccncc2)c2nc3ccc(Cl)cc3[nH]2)ccc1C(=O)N1CCCC1. The molecule has 0 saturated carbocycles. The molecule has 5 rings (SSSR count). The number of carbonyl (C=O) groups is 2. The minimum Gasteiger partial charge on any atom is -0.342 e. The van der Waals surface area contributed by atoms with Gasteiger partial charge in [0.05, 0.1) is 17.1 Å². The summed E-state index contributed by atoms with van der Waals surface area (Å²) in [5, 5.41) is 3.77. The Balaban J connectivity index is 1.37. The number of aromatic amines is 1. The van der Waals surface area contributed by atoms with E-state index in [1.165, 1.54) is 0 Å². The normalized spacial score (nSPS) is 14.2. The standard InChI is InChI=1S/C28H28ClN5O2/c1-18-16-20(5-7-22(18)28(36)34-14-2-3-15-34)27(35)33-24(8-4-19-10-12-30-13-11-19)26-31-23-9-6-21(29)17-25(23)32-26/h5-7,9-13,16-17,24H,2-4,8,14-15H2,1H3,(H,31,32)(H,33,35). The molecular weight excluding hydrogens is 474 g/mol. The number of nitrogens with zero attached hydrogens (tertiary/aromatic N) is 3. The zero-order valence-corrected chi connectivity index (χ0v) is 20.9. The van der Waals surface area contributed by atoms with Crippen molar-refractivity contribution >= 4 is 34.4 Å². The van der Waals surface area contributed by atoms with E-state index in [1.807, 2.05) is 36.1 Å². The molecular formula is C28H28ClN5O2. The molecule has 0 aliphatic carbocycles. The van der Waals surface area contributed by atoms with Crippen molar-refractivity contribution < 1.29 is 9.59 Å². The molecule has 2 aromatic heterocycles. The van der Waals surface area contributed by atoms with Crippen molar-refractivity contribution in [1.82, 2.24) is 25.2 Å². The summed E-state index contributed by atoms with van der Waals surface area (Å²) in [6, 6.07) is 14.4. The Hall–Kier alpha value is -3.71. The van der Waals surface area contributed by atoms with Crippen LogP contribution in [0.4, 0.5) is 0 Å². The van der Waals surface area contributed by atoms with Gasteiger partial charge in [-0.25, -0.2) is 4.98 Å². The van der Waals surface area contributed by atoms with Crippen LogP contribution in [-0.2, 0) is 6.42 Å². The van der Waals surface area contributed by atoms with Gasteiger partial charge in [-0.3, -0.25) is 14.6 Å². The lowest BCUT2D eigenvalue weighted by Gasteiger charge is -2.19. The Morgan fingerprint density at radius 3 is 2.61 bits per heavy atom. The first-order chi connectivity index (χ1) is 17.5. The first-order valence-corrected chi connectivity index (χ1v) is 12.6. The number of aryl methyl sites for hydroxylation is 2. The third kappa shape index (κ3) is 5.26. The molecule has 0 bridgehead atoms. The highest BCUT2D eigenvalue weighted by atomic mass is 35.5. The van der Waals surface area contributed by atoms with E-state index in [0.29, 0.717) is 28.4 Å². The lowest BCUT2D eigenvalue weighted by atomic mass is 10.0. The second-order valence-corrected chi connectivity index (χ2v) is 9.67. The third-order valence-corrected chi connectivity index (χ3v) is 6.92. The van der Waals surface area contributed by atoms with Crippen LogP contribution < -0.4 is 5.32 Å². The number of rotatable bonds is 7. The molecule has 1 saturated heterocycles. The molecule has 0 radical (unpaired) electrons. The van der Waals surface area contributed by atoms with E-state index in [-0.39, 0.29) is 17.9 Å². The van der Waals surface area contributed by atoms with Crippen LogP contribution in [0.1, 0.15) is 63.0 Å². The number of amides is 2. The van der Waals surface area contributed by atoms with E-state index >= 15 is 0 Å². The molecule has 1 unspecified atom stereocenters. The average molecular weight is 502 g/mol. The molecule has 2 amide bonds. The fourth-order valence-corrected chi connectivity index (χ4v) is 4.85. The highest BCUT2D eigenvalue weighted by molar-refractivity contribution is 6.31. The predicted molar refractivity (Wildman–Crippen MR) is 140 cm³/mol. The van der Waals surface area contributed by atoms with Crippen LogP contribution in [-0.4, -0.2) is 44.8 Å². The van der Waals surface area contributed by atoms with E-state index in [0.717, 1.165) is 54.5 Å². The first-order valence-electron chi connectivity index (χ1n) is 12.2. The highest BCUT2D eigenvalue weighted by Gasteiger charge is 2.23. The summed E-state index contributed by atoms with van der Waals surface area (Å²) in [6.07, 6.45) is 7.00. The van der Waals surface area contributed by atoms with Crippen LogP contribution in [0.25, 0.3) is 11.0 Å². The number of likely N-dealkylation sites (tertiary alicyclic amines) is 1. The van der Waals surface area contributed by atoms with Gasteiger partial charge in [0, 0.05) is 41.6 Å². The van der Waals surface area contributed by atoms with Gasteiger partial charge >= 0.3 is 0 Å². The van der Waals surface area contributed by atoms with E-state index in [1.54, 1.807) is 36.7 Å². The van der Waals surface area contributed by atoms with Gasteiger partial charge in [-0.15, -0.1) is 0 Å². The fourth-order valence-electron chi connectivity index (χ4n) is 4.68. The van der Waals surface area contributed by atoms with Gasteiger partial charge in [-0.2, -0.15) is 0 Å². The van der Waals surface area contributed by atoms with Crippen molar-refractivity contribution in [2.75, 3.05) is 13.1 Å². The van der Waals surface area contributed by atoms with Crippen LogP contribution in [0, 0.1) is 6.92 Å². The average Bonchev–Trinajstić information content (AvgIpc) is 3.57. The van der Waals surface area contributed by atoms with Crippen molar-refractivity contribution in [2.24, 2.45) is 0 Å². The fraction of sp³-hybridized carbons (Fsp3) is 0.286. The van der Waals surface area contributed by atoms with Crippen LogP contribution in [0.2, 0.25) is 5.02 Å². The molecule has 4 aromatic rings. The summed E-state index contributed by atoms with van der Waals surface area (Å²) in [7, 11) is 0. The van der Waals surface area contributed by atoms with Crippen molar-refractivity contribution in [1.29, 1.82) is 0 Å². The van der Waals surface area contributed by atoms with Gasteiger partial charge in [-0.1, -0.05) is 11.6 Å². The van der Waals surface area contributed by atoms with Crippen LogP contribution in [0.15, 0.2) is 60.9 Å². The van der Waals surface area contributed by atoms with Gasteiger partial charge < -0.3 is 15.2 Å². The number of nitrogens with one attached hydrogen (secondary N) is 2. The lowest BCUT2D eigenvalue weighted by molar-refractivity contribution is 0.0791. The summed E-state index contributed by atoms with van der Waals surface area (Å²) in [6.45, 7) is 3.47. The molecule has 0 spiro atoms. The quantitative estimate of drug-likeness (QED) is 0.361. The molecule has 1 atom stereocenters. The van der Waals surface area contributed by atoms with E-state index in [9.17, 15) is 9.59 Å². The monoisotopic (exact) mass is 501 g/mol. The molecule has 2 aromatic carbocycles. The van der Waals surface area contributed by atoms with Gasteiger partial charge in [0.15, 0.2) is 0 Å². The van der Waals surface area contributed by atoms with Crippen molar-refractivity contribution in [3.05, 3.63) is 94.0 Å². The predicted octanol–water partition coefficient (Wildman–Crippen LogP) is 5.26. The van der Waals surface area contributed by atoms with Crippen LogP contribution >= 0.6 is 11.6 Å². The molecule has 36 heavy (non-hydrogen) atoms. The Kier molecular flexibility index (Phi) is 7.00. The number of benzene rings is 2. The largest absolute Gasteiger partial charge is 0.342 e. The van der Waals surface area contributed by atoms with E-state index < -0.39 is 0 Å². The Labute approximate surface area is 214 Å². The molecule has 184 valence electrons. The molecule has 7 nitrogen and oxygen atoms in total. The zero-order chi connectivity index (χ0) is 25.1. The van der Waals surface area contributed by atoms with Gasteiger partial charge in [0.2, 0.25) is 0 Å². The minimum absolute atomic E-state index is 0.0353. The van der Waals surface area contributed by atoms with Crippen molar-refractivity contribution in [3.8, 4) is 0 Å². The number of imidazole rings is 1. The maximum Gasteiger partial charge on any atom is 0.254 e. The van der Waals surface area contributed by atoms with E-state index in [4.69, 9.17) is 16.6 Å². The number of fused-ring (bicyclic) bond motifs is 1. The molecule has 3 heterocycles.